The van der Waals surface area contributed by atoms with Gasteiger partial charge in [0.25, 0.3) is 0 Å². The predicted molar refractivity (Wildman–Crippen MR) is 60.7 cm³/mol. The van der Waals surface area contributed by atoms with Crippen LogP contribution >= 0.6 is 11.3 Å². The Morgan fingerprint density at radius 2 is 2.29 bits per heavy atom. The van der Waals surface area contributed by atoms with Gasteiger partial charge < -0.3 is 5.32 Å². The second kappa shape index (κ2) is 2.83. The summed E-state index contributed by atoms with van der Waals surface area (Å²) in [4.78, 5) is 1.62. The molecule has 1 aliphatic heterocycles. The predicted octanol–water partition coefficient (Wildman–Crippen LogP) is 2.98. The molecular weight excluding hydrogens is 190 g/mol. The van der Waals surface area contributed by atoms with Crippen LogP contribution in [0.25, 0.3) is 0 Å². The molecule has 0 spiro atoms. The Morgan fingerprint density at radius 1 is 1.50 bits per heavy atom. The van der Waals surface area contributed by atoms with Crippen molar-refractivity contribution in [1.29, 1.82) is 0 Å². The highest BCUT2D eigenvalue weighted by atomic mass is 32.1. The van der Waals surface area contributed by atoms with Crippen LogP contribution in [0, 0.1) is 11.3 Å². The van der Waals surface area contributed by atoms with Crippen molar-refractivity contribution >= 4 is 11.3 Å². The molecule has 1 aromatic heterocycles. The van der Waals surface area contributed by atoms with Crippen LogP contribution in [0.2, 0.25) is 0 Å². The van der Waals surface area contributed by atoms with Gasteiger partial charge in [-0.1, -0.05) is 13.8 Å². The lowest BCUT2D eigenvalue weighted by molar-refractivity contribution is 0.407. The SMILES string of the molecule is CC1(C)CC1C1NCCc2ccsc21. The highest BCUT2D eigenvalue weighted by molar-refractivity contribution is 7.10. The van der Waals surface area contributed by atoms with Gasteiger partial charge in [0.2, 0.25) is 0 Å². The van der Waals surface area contributed by atoms with Crippen LogP contribution in [0.3, 0.4) is 0 Å². The van der Waals surface area contributed by atoms with Gasteiger partial charge in [-0.2, -0.15) is 0 Å². The largest absolute Gasteiger partial charge is 0.309 e. The van der Waals surface area contributed by atoms with Gasteiger partial charge in [-0.15, -0.1) is 11.3 Å². The maximum atomic E-state index is 3.69. The van der Waals surface area contributed by atoms with Gasteiger partial charge in [0, 0.05) is 10.9 Å². The summed E-state index contributed by atoms with van der Waals surface area (Å²) in [6.07, 6.45) is 2.62. The van der Waals surface area contributed by atoms with Gasteiger partial charge in [-0.25, -0.2) is 0 Å². The van der Waals surface area contributed by atoms with Crippen molar-refractivity contribution in [2.75, 3.05) is 6.54 Å². The molecule has 2 aliphatic rings. The third-order valence-corrected chi connectivity index (χ3v) is 4.86. The van der Waals surface area contributed by atoms with E-state index in [0.717, 1.165) is 5.92 Å². The monoisotopic (exact) mass is 207 g/mol. The van der Waals surface area contributed by atoms with E-state index in [1.807, 2.05) is 11.3 Å². The Kier molecular flexibility index (Phi) is 1.80. The molecule has 1 N–H and O–H groups in total. The fourth-order valence-corrected chi connectivity index (χ4v) is 3.78. The van der Waals surface area contributed by atoms with E-state index in [0.29, 0.717) is 11.5 Å². The highest BCUT2D eigenvalue weighted by Gasteiger charge is 2.51. The van der Waals surface area contributed by atoms with Crippen molar-refractivity contribution in [3.63, 3.8) is 0 Å². The maximum Gasteiger partial charge on any atom is 0.0451 e. The lowest BCUT2D eigenvalue weighted by atomic mass is 9.96. The Hall–Kier alpha value is -0.340. The molecule has 2 unspecified atom stereocenters. The molecule has 1 nitrogen and oxygen atoms in total. The summed E-state index contributed by atoms with van der Waals surface area (Å²) >= 11 is 1.94. The first-order chi connectivity index (χ1) is 6.68. The standard InChI is InChI=1S/C12H17NS/c1-12(2)7-9(12)10-11-8(3-5-13-10)4-6-14-11/h4,6,9-10,13H,3,5,7H2,1-2H3. The zero-order valence-electron chi connectivity index (χ0n) is 8.84. The van der Waals surface area contributed by atoms with Crippen LogP contribution in [0.4, 0.5) is 0 Å². The number of hydrogen-bond acceptors (Lipinski definition) is 2. The molecule has 0 aromatic carbocycles. The second-order valence-corrected chi connectivity index (χ2v) is 6.24. The van der Waals surface area contributed by atoms with E-state index in [1.165, 1.54) is 19.4 Å². The number of fused-ring (bicyclic) bond motifs is 1. The van der Waals surface area contributed by atoms with E-state index in [1.54, 1.807) is 10.4 Å². The zero-order chi connectivity index (χ0) is 9.76. The Labute approximate surface area is 89.5 Å². The molecule has 14 heavy (non-hydrogen) atoms. The quantitative estimate of drug-likeness (QED) is 0.746. The molecule has 0 radical (unpaired) electrons. The van der Waals surface area contributed by atoms with E-state index in [9.17, 15) is 0 Å². The Balaban J connectivity index is 1.90. The van der Waals surface area contributed by atoms with Crippen LogP contribution in [0.1, 0.15) is 36.8 Å². The maximum absolute atomic E-state index is 3.69. The van der Waals surface area contributed by atoms with Crippen molar-refractivity contribution in [3.8, 4) is 0 Å². The zero-order valence-corrected chi connectivity index (χ0v) is 9.66. The molecule has 0 saturated heterocycles. The van der Waals surface area contributed by atoms with Crippen LogP contribution in [0.15, 0.2) is 11.4 Å². The molecule has 1 saturated carbocycles. The summed E-state index contributed by atoms with van der Waals surface area (Å²) in [7, 11) is 0. The van der Waals surface area contributed by atoms with Gasteiger partial charge in [-0.05, 0) is 47.7 Å². The topological polar surface area (TPSA) is 12.0 Å². The number of thiophene rings is 1. The van der Waals surface area contributed by atoms with Crippen LogP contribution in [-0.2, 0) is 6.42 Å². The van der Waals surface area contributed by atoms with E-state index < -0.39 is 0 Å². The summed E-state index contributed by atoms with van der Waals surface area (Å²) in [6.45, 7) is 5.95. The minimum absolute atomic E-state index is 0.580. The molecule has 1 aliphatic carbocycles. The van der Waals surface area contributed by atoms with Crippen molar-refractivity contribution in [1.82, 2.24) is 5.32 Å². The molecule has 2 heteroatoms. The number of nitrogens with one attached hydrogen (secondary N) is 1. The normalized spacial score (nSPS) is 33.9. The van der Waals surface area contributed by atoms with Crippen LogP contribution in [0.5, 0.6) is 0 Å². The lowest BCUT2D eigenvalue weighted by Gasteiger charge is -2.25. The minimum Gasteiger partial charge on any atom is -0.309 e. The Bertz CT molecular complexity index is 353. The van der Waals surface area contributed by atoms with Crippen molar-refractivity contribution in [2.45, 2.75) is 32.7 Å². The van der Waals surface area contributed by atoms with Crippen molar-refractivity contribution in [3.05, 3.63) is 21.9 Å². The van der Waals surface area contributed by atoms with Crippen LogP contribution in [-0.4, -0.2) is 6.54 Å². The molecule has 1 fully saturated rings. The summed E-state index contributed by atoms with van der Waals surface area (Å²) in [5, 5.41) is 5.94. The first-order valence-electron chi connectivity index (χ1n) is 5.48. The fourth-order valence-electron chi connectivity index (χ4n) is 2.68. The van der Waals surface area contributed by atoms with Gasteiger partial charge in [0.15, 0.2) is 0 Å². The summed E-state index contributed by atoms with van der Waals surface area (Å²) in [5.41, 5.74) is 2.18. The van der Waals surface area contributed by atoms with Gasteiger partial charge in [0.05, 0.1) is 0 Å². The summed E-state index contributed by atoms with van der Waals surface area (Å²) in [6, 6.07) is 2.97. The average molecular weight is 207 g/mol. The molecular formula is C12H17NS. The minimum atomic E-state index is 0.580. The molecule has 2 atom stereocenters. The third kappa shape index (κ3) is 1.24. The lowest BCUT2D eigenvalue weighted by Crippen LogP contribution is -2.30. The van der Waals surface area contributed by atoms with E-state index in [-0.39, 0.29) is 0 Å². The van der Waals surface area contributed by atoms with E-state index in [4.69, 9.17) is 0 Å². The average Bonchev–Trinajstić information content (AvgIpc) is 2.64. The molecule has 1 aromatic rings. The first kappa shape index (κ1) is 8.93. The molecule has 2 heterocycles. The molecule has 3 rings (SSSR count). The molecule has 0 amide bonds. The first-order valence-corrected chi connectivity index (χ1v) is 6.36. The molecule has 76 valence electrons. The van der Waals surface area contributed by atoms with Gasteiger partial charge in [-0.3, -0.25) is 0 Å². The van der Waals surface area contributed by atoms with E-state index >= 15 is 0 Å². The van der Waals surface area contributed by atoms with E-state index in [2.05, 4.69) is 30.6 Å². The fraction of sp³-hybridized carbons (Fsp3) is 0.667. The summed E-state index contributed by atoms with van der Waals surface area (Å²) in [5.74, 6) is 0.875. The number of rotatable bonds is 1. The van der Waals surface area contributed by atoms with Crippen LogP contribution < -0.4 is 5.32 Å². The van der Waals surface area contributed by atoms with Crippen molar-refractivity contribution < 1.29 is 0 Å². The van der Waals surface area contributed by atoms with Gasteiger partial charge >= 0.3 is 0 Å². The molecule has 0 bridgehead atoms. The highest BCUT2D eigenvalue weighted by Crippen LogP contribution is 2.59. The Morgan fingerprint density at radius 3 is 3.00 bits per heavy atom. The smallest absolute Gasteiger partial charge is 0.0451 e. The number of hydrogen-bond donors (Lipinski definition) is 1. The second-order valence-electron chi connectivity index (χ2n) is 5.29. The van der Waals surface area contributed by atoms with Crippen molar-refractivity contribution in [2.24, 2.45) is 11.3 Å². The third-order valence-electron chi connectivity index (χ3n) is 3.81. The van der Waals surface area contributed by atoms with Gasteiger partial charge in [0.1, 0.15) is 0 Å². The summed E-state index contributed by atoms with van der Waals surface area (Å²) < 4.78 is 0.